The Balaban J connectivity index is 2.49. The quantitative estimate of drug-likeness (QED) is 0.712. The van der Waals surface area contributed by atoms with E-state index in [4.69, 9.17) is 4.98 Å². The van der Waals surface area contributed by atoms with Crippen molar-refractivity contribution in [3.05, 3.63) is 47.7 Å². The molecular weight excluding hydrogens is 270 g/mol. The minimum absolute atomic E-state index is 1.13. The fourth-order valence-electron chi connectivity index (χ4n) is 2.75. The first kappa shape index (κ1) is 16.0. The third-order valence-electron chi connectivity index (χ3n) is 4.02. The van der Waals surface area contributed by atoms with Crippen molar-refractivity contribution in [2.24, 2.45) is 0 Å². The van der Waals surface area contributed by atoms with Gasteiger partial charge < -0.3 is 0 Å². The van der Waals surface area contributed by atoms with E-state index in [1.165, 1.54) is 41.1 Å². The van der Waals surface area contributed by atoms with Crippen molar-refractivity contribution >= 4 is 13.3 Å². The highest BCUT2D eigenvalue weighted by molar-refractivity contribution is 6.89. The van der Waals surface area contributed by atoms with Crippen LogP contribution in [0.2, 0.25) is 19.6 Å². The molecule has 0 saturated carbocycles. The van der Waals surface area contributed by atoms with Gasteiger partial charge in [-0.05, 0) is 42.1 Å². The van der Waals surface area contributed by atoms with Crippen molar-refractivity contribution in [1.82, 2.24) is 4.98 Å². The van der Waals surface area contributed by atoms with Crippen LogP contribution in [-0.4, -0.2) is 13.1 Å². The zero-order valence-electron chi connectivity index (χ0n) is 14.0. The first-order chi connectivity index (χ1) is 9.93. The maximum atomic E-state index is 4.78. The Hall–Kier alpha value is -1.41. The van der Waals surface area contributed by atoms with Gasteiger partial charge in [-0.25, -0.2) is 0 Å². The van der Waals surface area contributed by atoms with E-state index in [0.29, 0.717) is 0 Å². The second kappa shape index (κ2) is 6.57. The molecule has 0 unspecified atom stereocenters. The first-order valence-electron chi connectivity index (χ1n) is 7.99. The van der Waals surface area contributed by atoms with Crippen molar-refractivity contribution < 1.29 is 0 Å². The Labute approximate surface area is 130 Å². The Morgan fingerprint density at radius 3 is 2.43 bits per heavy atom. The molecule has 21 heavy (non-hydrogen) atoms. The lowest BCUT2D eigenvalue weighted by Crippen LogP contribution is -2.40. The molecule has 1 aromatic carbocycles. The van der Waals surface area contributed by atoms with Crippen molar-refractivity contribution in [2.45, 2.75) is 52.8 Å². The Morgan fingerprint density at radius 2 is 1.81 bits per heavy atom. The monoisotopic (exact) mass is 297 g/mol. The Bertz CT molecular complexity index is 611. The predicted molar refractivity (Wildman–Crippen MR) is 96.0 cm³/mol. The predicted octanol–water partition coefficient (Wildman–Crippen LogP) is 4.94. The van der Waals surface area contributed by atoms with E-state index >= 15 is 0 Å². The molecule has 0 aliphatic heterocycles. The van der Waals surface area contributed by atoms with Gasteiger partial charge in [0, 0.05) is 11.8 Å². The van der Waals surface area contributed by atoms with E-state index in [-0.39, 0.29) is 0 Å². The summed E-state index contributed by atoms with van der Waals surface area (Å²) in [7, 11) is -1.33. The molecule has 112 valence electrons. The summed E-state index contributed by atoms with van der Waals surface area (Å²) in [5.41, 5.74) is 5.20. The summed E-state index contributed by atoms with van der Waals surface area (Å²) in [4.78, 5) is 4.78. The SMILES string of the molecule is CCCCc1cc(-c2ccccc2C)ncc1[Si](C)(C)C. The summed E-state index contributed by atoms with van der Waals surface area (Å²) >= 11 is 0. The standard InChI is InChI=1S/C19H27NSi/c1-6-7-11-16-13-18(17-12-9-8-10-15(17)2)20-14-19(16)21(3,4)5/h8-10,12-14H,6-7,11H2,1-5H3. The van der Waals surface area contributed by atoms with Gasteiger partial charge in [-0.15, -0.1) is 0 Å². The van der Waals surface area contributed by atoms with Crippen molar-refractivity contribution in [3.8, 4) is 11.3 Å². The molecule has 0 aliphatic rings. The second-order valence-electron chi connectivity index (χ2n) is 6.90. The van der Waals surface area contributed by atoms with Crippen LogP contribution in [0.1, 0.15) is 30.9 Å². The van der Waals surface area contributed by atoms with Crippen molar-refractivity contribution in [3.63, 3.8) is 0 Å². The van der Waals surface area contributed by atoms with Gasteiger partial charge in [0.1, 0.15) is 0 Å². The first-order valence-corrected chi connectivity index (χ1v) is 11.5. The van der Waals surface area contributed by atoms with E-state index in [0.717, 1.165) is 5.69 Å². The lowest BCUT2D eigenvalue weighted by atomic mass is 10.0. The van der Waals surface area contributed by atoms with Crippen LogP contribution in [0, 0.1) is 6.92 Å². The zero-order chi connectivity index (χ0) is 15.5. The lowest BCUT2D eigenvalue weighted by Gasteiger charge is -2.21. The number of benzene rings is 1. The molecule has 2 rings (SSSR count). The summed E-state index contributed by atoms with van der Waals surface area (Å²) < 4.78 is 0. The number of aryl methyl sites for hydroxylation is 2. The topological polar surface area (TPSA) is 12.9 Å². The van der Waals surface area contributed by atoms with Crippen molar-refractivity contribution in [1.29, 1.82) is 0 Å². The number of hydrogen-bond donors (Lipinski definition) is 0. The highest BCUT2D eigenvalue weighted by Crippen LogP contribution is 2.22. The van der Waals surface area contributed by atoms with Crippen LogP contribution in [0.3, 0.4) is 0 Å². The summed E-state index contributed by atoms with van der Waals surface area (Å²) in [6.45, 7) is 11.7. The summed E-state index contributed by atoms with van der Waals surface area (Å²) in [6, 6.07) is 10.9. The summed E-state index contributed by atoms with van der Waals surface area (Å²) in [6.07, 6.45) is 5.83. The molecule has 0 radical (unpaired) electrons. The van der Waals surface area contributed by atoms with E-state index < -0.39 is 8.07 Å². The van der Waals surface area contributed by atoms with Crippen LogP contribution in [-0.2, 0) is 6.42 Å². The third kappa shape index (κ3) is 3.82. The third-order valence-corrected chi connectivity index (χ3v) is 6.08. The normalized spacial score (nSPS) is 11.7. The molecule has 1 heterocycles. The number of aromatic nitrogens is 1. The minimum Gasteiger partial charge on any atom is -0.256 e. The summed E-state index contributed by atoms with van der Waals surface area (Å²) in [5, 5.41) is 1.52. The molecule has 0 atom stereocenters. The van der Waals surface area contributed by atoms with Crippen LogP contribution in [0.5, 0.6) is 0 Å². The molecule has 2 heteroatoms. The van der Waals surface area contributed by atoms with E-state index in [1.54, 1.807) is 0 Å². The van der Waals surface area contributed by atoms with Gasteiger partial charge in [-0.1, -0.05) is 57.3 Å². The van der Waals surface area contributed by atoms with Gasteiger partial charge in [0.15, 0.2) is 0 Å². The van der Waals surface area contributed by atoms with Gasteiger partial charge in [0.25, 0.3) is 0 Å². The van der Waals surface area contributed by atoms with Gasteiger partial charge in [-0.2, -0.15) is 0 Å². The highest BCUT2D eigenvalue weighted by atomic mass is 28.3. The number of nitrogens with zero attached hydrogens (tertiary/aromatic N) is 1. The molecule has 0 bridgehead atoms. The lowest BCUT2D eigenvalue weighted by molar-refractivity contribution is 0.796. The van der Waals surface area contributed by atoms with Crippen LogP contribution in [0.15, 0.2) is 36.5 Å². The molecule has 0 amide bonds. The van der Waals surface area contributed by atoms with Crippen LogP contribution < -0.4 is 5.19 Å². The van der Waals surface area contributed by atoms with Gasteiger partial charge >= 0.3 is 0 Å². The van der Waals surface area contributed by atoms with Crippen LogP contribution in [0.25, 0.3) is 11.3 Å². The fourth-order valence-corrected chi connectivity index (χ4v) is 4.37. The average molecular weight is 298 g/mol. The van der Waals surface area contributed by atoms with Gasteiger partial charge in [-0.3, -0.25) is 4.98 Å². The van der Waals surface area contributed by atoms with Crippen molar-refractivity contribution in [2.75, 3.05) is 0 Å². The summed E-state index contributed by atoms with van der Waals surface area (Å²) in [5.74, 6) is 0. The molecule has 1 nitrogen and oxygen atoms in total. The van der Waals surface area contributed by atoms with E-state index in [9.17, 15) is 0 Å². The number of hydrogen-bond acceptors (Lipinski definition) is 1. The maximum Gasteiger partial charge on any atom is 0.0799 e. The molecule has 1 aromatic heterocycles. The Morgan fingerprint density at radius 1 is 1.10 bits per heavy atom. The van der Waals surface area contributed by atoms with E-state index in [1.807, 2.05) is 0 Å². The average Bonchev–Trinajstić information content (AvgIpc) is 2.44. The molecule has 0 fully saturated rings. The largest absolute Gasteiger partial charge is 0.256 e. The molecule has 2 aromatic rings. The molecule has 0 saturated heterocycles. The smallest absolute Gasteiger partial charge is 0.0799 e. The maximum absolute atomic E-state index is 4.78. The van der Waals surface area contributed by atoms with E-state index in [2.05, 4.69) is 70.0 Å². The van der Waals surface area contributed by atoms with Gasteiger partial charge in [0.05, 0.1) is 13.8 Å². The number of rotatable bonds is 5. The molecular formula is C19H27NSi. The molecule has 0 aliphatic carbocycles. The second-order valence-corrected chi connectivity index (χ2v) is 11.9. The fraction of sp³-hybridized carbons (Fsp3) is 0.421. The molecule has 0 N–H and O–H groups in total. The molecule has 0 spiro atoms. The number of unbranched alkanes of at least 4 members (excludes halogenated alkanes) is 1. The highest BCUT2D eigenvalue weighted by Gasteiger charge is 2.21. The zero-order valence-corrected chi connectivity index (χ0v) is 15.0. The van der Waals surface area contributed by atoms with Crippen LogP contribution in [0.4, 0.5) is 0 Å². The van der Waals surface area contributed by atoms with Crippen LogP contribution >= 0.6 is 0 Å². The number of pyridine rings is 1. The Kier molecular flexibility index (Phi) is 4.99. The van der Waals surface area contributed by atoms with Gasteiger partial charge in [0.2, 0.25) is 0 Å². The minimum atomic E-state index is -1.33.